The van der Waals surface area contributed by atoms with Crippen LogP contribution >= 0.6 is 0 Å². The molecule has 2 fully saturated rings. The van der Waals surface area contributed by atoms with Crippen molar-refractivity contribution in [1.82, 2.24) is 14.7 Å². The van der Waals surface area contributed by atoms with Crippen molar-refractivity contribution in [3.8, 4) is 5.69 Å². The fourth-order valence-electron chi connectivity index (χ4n) is 3.64. The van der Waals surface area contributed by atoms with Crippen molar-refractivity contribution >= 4 is 11.9 Å². The molecule has 2 heterocycles. The Morgan fingerprint density at radius 3 is 2.63 bits per heavy atom. The lowest BCUT2D eigenvalue weighted by Crippen LogP contribution is -2.44. The zero-order valence-corrected chi connectivity index (χ0v) is 15.6. The lowest BCUT2D eigenvalue weighted by Gasteiger charge is -2.33. The number of nitrogens with zero attached hydrogens (tertiary/aromatic N) is 3. The molecule has 142 valence electrons. The Balaban J connectivity index is 1.49. The van der Waals surface area contributed by atoms with E-state index in [2.05, 4.69) is 5.10 Å². The zero-order valence-electron chi connectivity index (χ0n) is 15.6. The molecule has 0 spiro atoms. The number of hydrogen-bond acceptors (Lipinski definition) is 4. The highest BCUT2D eigenvalue weighted by molar-refractivity contribution is 5.90. The molecule has 2 aromatic rings. The van der Waals surface area contributed by atoms with Crippen LogP contribution in [0.4, 0.5) is 0 Å². The second-order valence-corrected chi connectivity index (χ2v) is 7.48. The van der Waals surface area contributed by atoms with Crippen molar-refractivity contribution < 1.29 is 14.3 Å². The van der Waals surface area contributed by atoms with Crippen LogP contribution in [0.25, 0.3) is 5.69 Å². The minimum Gasteiger partial charge on any atom is -0.451 e. The number of carbonyl (C=O) groups is 2. The highest BCUT2D eigenvalue weighted by atomic mass is 16.5. The van der Waals surface area contributed by atoms with Gasteiger partial charge in [0.15, 0.2) is 12.3 Å². The number of carbonyl (C=O) groups excluding carboxylic acids is 2. The Kier molecular flexibility index (Phi) is 4.97. The molecule has 1 atom stereocenters. The SMILES string of the molecule is C[C@@H]1CCCCN1C(=O)COC(=O)c1cc(C2CC2)nn1-c1ccccc1. The summed E-state index contributed by atoms with van der Waals surface area (Å²) in [5.41, 5.74) is 2.11. The molecular formula is C21H25N3O3. The summed E-state index contributed by atoms with van der Waals surface area (Å²) in [7, 11) is 0. The van der Waals surface area contributed by atoms with Crippen LogP contribution in [0.1, 0.15) is 61.1 Å². The summed E-state index contributed by atoms with van der Waals surface area (Å²) < 4.78 is 7.01. The van der Waals surface area contributed by atoms with Gasteiger partial charge in [-0.25, -0.2) is 9.48 Å². The number of piperidine rings is 1. The molecule has 4 rings (SSSR count). The number of aromatic nitrogens is 2. The number of amides is 1. The lowest BCUT2D eigenvalue weighted by atomic mass is 10.0. The van der Waals surface area contributed by atoms with Gasteiger partial charge in [-0.05, 0) is 57.2 Å². The minimum absolute atomic E-state index is 0.122. The third kappa shape index (κ3) is 3.89. The quantitative estimate of drug-likeness (QED) is 0.761. The van der Waals surface area contributed by atoms with Gasteiger partial charge in [0.1, 0.15) is 0 Å². The van der Waals surface area contributed by atoms with E-state index in [0.29, 0.717) is 11.6 Å². The van der Waals surface area contributed by atoms with Gasteiger partial charge in [0.25, 0.3) is 5.91 Å². The molecule has 1 aliphatic heterocycles. The summed E-state index contributed by atoms with van der Waals surface area (Å²) in [6.45, 7) is 2.57. The molecule has 1 amide bonds. The Bertz CT molecular complexity index is 826. The van der Waals surface area contributed by atoms with E-state index in [1.807, 2.05) is 42.2 Å². The van der Waals surface area contributed by atoms with Gasteiger partial charge in [-0.2, -0.15) is 5.10 Å². The number of hydrogen-bond donors (Lipinski definition) is 0. The maximum absolute atomic E-state index is 12.7. The molecule has 1 saturated heterocycles. The Morgan fingerprint density at radius 2 is 1.93 bits per heavy atom. The van der Waals surface area contributed by atoms with Crippen molar-refractivity contribution in [1.29, 1.82) is 0 Å². The standard InChI is InChI=1S/C21H25N3O3/c1-15-7-5-6-12-23(15)20(25)14-27-21(26)19-13-18(16-10-11-16)22-24(19)17-8-3-2-4-9-17/h2-4,8-9,13,15-16H,5-7,10-12,14H2,1H3/t15-/m1/s1. The van der Waals surface area contributed by atoms with Crippen LogP contribution in [0.15, 0.2) is 36.4 Å². The average Bonchev–Trinajstić information content (AvgIpc) is 3.45. The monoisotopic (exact) mass is 367 g/mol. The van der Waals surface area contributed by atoms with E-state index in [0.717, 1.165) is 50.0 Å². The summed E-state index contributed by atoms with van der Waals surface area (Å²) >= 11 is 0. The molecule has 2 aliphatic rings. The molecule has 1 aromatic carbocycles. The maximum Gasteiger partial charge on any atom is 0.357 e. The molecule has 0 unspecified atom stereocenters. The molecule has 1 saturated carbocycles. The fourth-order valence-corrected chi connectivity index (χ4v) is 3.64. The first kappa shape index (κ1) is 17.8. The van der Waals surface area contributed by atoms with Crippen LogP contribution in [0, 0.1) is 0 Å². The first-order valence-electron chi connectivity index (χ1n) is 9.75. The van der Waals surface area contributed by atoms with Crippen molar-refractivity contribution in [2.45, 2.75) is 51.0 Å². The van der Waals surface area contributed by atoms with Crippen LogP contribution in [0.3, 0.4) is 0 Å². The van der Waals surface area contributed by atoms with Gasteiger partial charge in [-0.3, -0.25) is 4.79 Å². The normalized spacial score (nSPS) is 19.7. The summed E-state index contributed by atoms with van der Waals surface area (Å²) in [5, 5.41) is 4.61. The average molecular weight is 367 g/mol. The van der Waals surface area contributed by atoms with Crippen LogP contribution < -0.4 is 0 Å². The van der Waals surface area contributed by atoms with Gasteiger partial charge in [-0.1, -0.05) is 18.2 Å². The van der Waals surface area contributed by atoms with Crippen molar-refractivity contribution in [3.05, 3.63) is 47.8 Å². The highest BCUT2D eigenvalue weighted by Gasteiger charge is 2.30. The number of ether oxygens (including phenoxy) is 1. The van der Waals surface area contributed by atoms with Crippen molar-refractivity contribution in [2.75, 3.05) is 13.2 Å². The van der Waals surface area contributed by atoms with Gasteiger partial charge in [0.2, 0.25) is 0 Å². The Hall–Kier alpha value is -2.63. The van der Waals surface area contributed by atoms with E-state index in [9.17, 15) is 9.59 Å². The highest BCUT2D eigenvalue weighted by Crippen LogP contribution is 2.39. The number of esters is 1. The second kappa shape index (κ2) is 7.55. The van der Waals surface area contributed by atoms with E-state index in [-0.39, 0.29) is 18.6 Å². The van der Waals surface area contributed by atoms with Crippen LogP contribution in [0.5, 0.6) is 0 Å². The predicted molar refractivity (Wildman–Crippen MR) is 101 cm³/mol. The van der Waals surface area contributed by atoms with Crippen molar-refractivity contribution in [2.24, 2.45) is 0 Å². The number of para-hydroxylation sites is 1. The molecule has 6 nitrogen and oxygen atoms in total. The van der Waals surface area contributed by atoms with Crippen LogP contribution in [-0.4, -0.2) is 45.8 Å². The molecule has 1 aromatic heterocycles. The molecule has 1 aliphatic carbocycles. The van der Waals surface area contributed by atoms with Crippen LogP contribution in [-0.2, 0) is 9.53 Å². The van der Waals surface area contributed by atoms with Gasteiger partial charge < -0.3 is 9.64 Å². The first-order chi connectivity index (χ1) is 13.1. The van der Waals surface area contributed by atoms with E-state index in [4.69, 9.17) is 4.74 Å². The molecule has 0 bridgehead atoms. The Labute approximate surface area is 159 Å². The lowest BCUT2D eigenvalue weighted by molar-refractivity contribution is -0.137. The van der Waals surface area contributed by atoms with Gasteiger partial charge in [0, 0.05) is 18.5 Å². The number of benzene rings is 1. The number of rotatable bonds is 5. The topological polar surface area (TPSA) is 64.4 Å². The molecule has 6 heteroatoms. The van der Waals surface area contributed by atoms with Crippen LogP contribution in [0.2, 0.25) is 0 Å². The third-order valence-electron chi connectivity index (χ3n) is 5.38. The minimum atomic E-state index is -0.503. The molecule has 27 heavy (non-hydrogen) atoms. The largest absolute Gasteiger partial charge is 0.451 e. The van der Waals surface area contributed by atoms with E-state index in [1.54, 1.807) is 10.7 Å². The Morgan fingerprint density at radius 1 is 1.15 bits per heavy atom. The van der Waals surface area contributed by atoms with E-state index in [1.165, 1.54) is 0 Å². The predicted octanol–water partition coefficient (Wildman–Crippen LogP) is 3.31. The third-order valence-corrected chi connectivity index (χ3v) is 5.38. The molecule has 0 radical (unpaired) electrons. The second-order valence-electron chi connectivity index (χ2n) is 7.48. The molecule has 0 N–H and O–H groups in total. The summed E-state index contributed by atoms with van der Waals surface area (Å²) in [4.78, 5) is 27.0. The van der Waals surface area contributed by atoms with Gasteiger partial charge in [-0.15, -0.1) is 0 Å². The van der Waals surface area contributed by atoms with Gasteiger partial charge >= 0.3 is 5.97 Å². The zero-order chi connectivity index (χ0) is 18.8. The van der Waals surface area contributed by atoms with E-state index >= 15 is 0 Å². The number of likely N-dealkylation sites (tertiary alicyclic amines) is 1. The smallest absolute Gasteiger partial charge is 0.357 e. The van der Waals surface area contributed by atoms with Crippen molar-refractivity contribution in [3.63, 3.8) is 0 Å². The first-order valence-corrected chi connectivity index (χ1v) is 9.75. The fraction of sp³-hybridized carbons (Fsp3) is 0.476. The molecular weight excluding hydrogens is 342 g/mol. The summed E-state index contributed by atoms with van der Waals surface area (Å²) in [6.07, 6.45) is 5.36. The maximum atomic E-state index is 12.7. The summed E-state index contributed by atoms with van der Waals surface area (Å²) in [6, 6.07) is 11.6. The van der Waals surface area contributed by atoms with Gasteiger partial charge in [0.05, 0.1) is 11.4 Å². The summed E-state index contributed by atoms with van der Waals surface area (Å²) in [5.74, 6) is -0.197. The van der Waals surface area contributed by atoms with E-state index < -0.39 is 5.97 Å².